The van der Waals surface area contributed by atoms with Crippen LogP contribution in [0.2, 0.25) is 0 Å². The standard InChI is InChI=1S/C58H46N2/c1-39-24-32-49-55(36-39)58(54-33-25-40-16-14-15-23-48(40)56(49)54)52-34-26-41(57(2,3)4)37-50(52)51-38-47(31-35-53(51)58)60(44-21-12-7-13-22-44)46-29-27-45(28-30-46)59(42-17-8-5-9-18-42)43-19-10-6-11-20-43/h5-38H,1-4H3. The molecule has 0 N–H and O–H groups in total. The van der Waals surface area contributed by atoms with Gasteiger partial charge in [0.05, 0.1) is 5.41 Å². The number of hydrogen-bond donors (Lipinski definition) is 0. The van der Waals surface area contributed by atoms with Crippen molar-refractivity contribution >= 4 is 44.9 Å². The van der Waals surface area contributed by atoms with E-state index in [1.165, 1.54) is 66.4 Å². The fourth-order valence-corrected chi connectivity index (χ4v) is 10.1. The number of fused-ring (bicyclic) bond motifs is 12. The summed E-state index contributed by atoms with van der Waals surface area (Å²) in [6, 6.07) is 76.4. The van der Waals surface area contributed by atoms with Crippen LogP contribution in [-0.2, 0) is 10.8 Å². The van der Waals surface area contributed by atoms with Gasteiger partial charge >= 0.3 is 0 Å². The highest BCUT2D eigenvalue weighted by atomic mass is 15.2. The lowest BCUT2D eigenvalue weighted by Crippen LogP contribution is -2.26. The topological polar surface area (TPSA) is 6.48 Å². The van der Waals surface area contributed by atoms with Gasteiger partial charge < -0.3 is 9.80 Å². The normalized spacial score (nSPS) is 14.7. The van der Waals surface area contributed by atoms with Gasteiger partial charge in [-0.2, -0.15) is 0 Å². The molecule has 11 rings (SSSR count). The molecule has 0 aliphatic heterocycles. The Kier molecular flexibility index (Phi) is 8.22. The highest BCUT2D eigenvalue weighted by Crippen LogP contribution is 2.64. The van der Waals surface area contributed by atoms with Crippen LogP contribution >= 0.6 is 0 Å². The van der Waals surface area contributed by atoms with Gasteiger partial charge in [0, 0.05) is 34.1 Å². The predicted octanol–water partition coefficient (Wildman–Crippen LogP) is 15.7. The van der Waals surface area contributed by atoms with Gasteiger partial charge in [-0.15, -0.1) is 0 Å². The van der Waals surface area contributed by atoms with Gasteiger partial charge in [0.25, 0.3) is 0 Å². The molecule has 0 radical (unpaired) electrons. The lowest BCUT2D eigenvalue weighted by atomic mass is 9.70. The third-order valence-electron chi connectivity index (χ3n) is 12.8. The van der Waals surface area contributed by atoms with E-state index in [0.29, 0.717) is 0 Å². The number of rotatable bonds is 6. The zero-order valence-electron chi connectivity index (χ0n) is 34.5. The molecule has 2 aliphatic carbocycles. The van der Waals surface area contributed by atoms with E-state index in [1.54, 1.807) is 0 Å². The number of para-hydroxylation sites is 3. The average molecular weight is 771 g/mol. The summed E-state index contributed by atoms with van der Waals surface area (Å²) >= 11 is 0. The van der Waals surface area contributed by atoms with Crippen LogP contribution in [0.1, 0.15) is 54.2 Å². The van der Waals surface area contributed by atoms with Gasteiger partial charge in [-0.1, -0.05) is 160 Å². The monoisotopic (exact) mass is 770 g/mol. The van der Waals surface area contributed by atoms with Crippen molar-refractivity contribution in [3.05, 3.63) is 240 Å². The zero-order chi connectivity index (χ0) is 40.6. The minimum absolute atomic E-state index is 0.00790. The van der Waals surface area contributed by atoms with E-state index in [4.69, 9.17) is 0 Å². The van der Waals surface area contributed by atoms with Gasteiger partial charge in [-0.25, -0.2) is 0 Å². The predicted molar refractivity (Wildman–Crippen MR) is 253 cm³/mol. The summed E-state index contributed by atoms with van der Waals surface area (Å²) in [5.41, 5.74) is 19.6. The van der Waals surface area contributed by atoms with Crippen LogP contribution in [0, 0.1) is 6.92 Å². The van der Waals surface area contributed by atoms with E-state index in [1.807, 2.05) is 0 Å². The molecule has 288 valence electrons. The Morgan fingerprint density at radius 3 is 1.45 bits per heavy atom. The molecule has 1 atom stereocenters. The Bertz CT molecular complexity index is 3030. The first-order chi connectivity index (χ1) is 29.3. The van der Waals surface area contributed by atoms with E-state index < -0.39 is 5.41 Å². The van der Waals surface area contributed by atoms with Crippen molar-refractivity contribution in [1.29, 1.82) is 0 Å². The second-order valence-electron chi connectivity index (χ2n) is 17.4. The van der Waals surface area contributed by atoms with Crippen molar-refractivity contribution in [2.75, 3.05) is 9.80 Å². The number of anilines is 6. The SMILES string of the molecule is Cc1ccc2c(c1)C1(c3ccc(N(c4ccccc4)c4ccc(N(c5ccccc5)c5ccccc5)cc4)cc3-c3cc(C(C)(C)C)ccc31)c1ccc3ccccc3c1-2. The Labute approximate surface area is 353 Å². The first kappa shape index (κ1) is 36.0. The average Bonchev–Trinajstić information content (AvgIpc) is 3.74. The molecule has 9 aromatic carbocycles. The summed E-state index contributed by atoms with van der Waals surface area (Å²) < 4.78 is 0. The van der Waals surface area contributed by atoms with Crippen LogP contribution < -0.4 is 9.80 Å². The maximum atomic E-state index is 2.49. The van der Waals surface area contributed by atoms with Crippen molar-refractivity contribution in [1.82, 2.24) is 0 Å². The third-order valence-corrected chi connectivity index (χ3v) is 12.8. The van der Waals surface area contributed by atoms with E-state index in [2.05, 4.69) is 244 Å². The smallest absolute Gasteiger partial charge is 0.0725 e. The first-order valence-corrected chi connectivity index (χ1v) is 21.1. The van der Waals surface area contributed by atoms with Gasteiger partial charge in [0.2, 0.25) is 0 Å². The zero-order valence-corrected chi connectivity index (χ0v) is 34.5. The molecular formula is C58H46N2. The molecule has 0 heterocycles. The van der Waals surface area contributed by atoms with Crippen molar-refractivity contribution in [2.45, 2.75) is 38.5 Å². The van der Waals surface area contributed by atoms with E-state index in [9.17, 15) is 0 Å². The fourth-order valence-electron chi connectivity index (χ4n) is 10.1. The molecule has 1 unspecified atom stereocenters. The molecule has 0 fully saturated rings. The largest absolute Gasteiger partial charge is 0.311 e. The highest BCUT2D eigenvalue weighted by molar-refractivity contribution is 6.06. The first-order valence-electron chi connectivity index (χ1n) is 21.1. The summed E-state index contributed by atoms with van der Waals surface area (Å²) in [6.07, 6.45) is 0. The van der Waals surface area contributed by atoms with Crippen LogP contribution in [0.4, 0.5) is 34.1 Å². The maximum Gasteiger partial charge on any atom is 0.0725 e. The quantitative estimate of drug-likeness (QED) is 0.166. The molecule has 0 aromatic heterocycles. The summed E-state index contributed by atoms with van der Waals surface area (Å²) in [4.78, 5) is 4.73. The number of nitrogens with zero attached hydrogens (tertiary/aromatic N) is 2. The summed E-state index contributed by atoms with van der Waals surface area (Å²) in [7, 11) is 0. The van der Waals surface area contributed by atoms with E-state index in [0.717, 1.165) is 34.1 Å². The summed E-state index contributed by atoms with van der Waals surface area (Å²) in [6.45, 7) is 9.21. The van der Waals surface area contributed by atoms with Gasteiger partial charge in [-0.05, 0) is 146 Å². The van der Waals surface area contributed by atoms with E-state index in [-0.39, 0.29) is 5.41 Å². The minimum Gasteiger partial charge on any atom is -0.311 e. The molecule has 2 heteroatoms. The van der Waals surface area contributed by atoms with Crippen LogP contribution in [0.15, 0.2) is 206 Å². The number of aryl methyl sites for hydroxylation is 1. The molecule has 0 amide bonds. The maximum absolute atomic E-state index is 2.49. The van der Waals surface area contributed by atoms with Crippen LogP contribution in [0.25, 0.3) is 33.0 Å². The van der Waals surface area contributed by atoms with Crippen LogP contribution in [-0.4, -0.2) is 0 Å². The molecule has 2 aliphatic rings. The molecule has 0 bridgehead atoms. The summed E-state index contributed by atoms with van der Waals surface area (Å²) in [5, 5.41) is 2.59. The molecule has 60 heavy (non-hydrogen) atoms. The van der Waals surface area contributed by atoms with Crippen LogP contribution in [0.3, 0.4) is 0 Å². The van der Waals surface area contributed by atoms with Gasteiger partial charge in [-0.3, -0.25) is 0 Å². The number of hydrogen-bond acceptors (Lipinski definition) is 2. The van der Waals surface area contributed by atoms with E-state index >= 15 is 0 Å². The van der Waals surface area contributed by atoms with Crippen molar-refractivity contribution in [3.63, 3.8) is 0 Å². The number of benzene rings is 9. The van der Waals surface area contributed by atoms with Crippen molar-refractivity contribution in [2.24, 2.45) is 0 Å². The molecule has 0 saturated heterocycles. The second kappa shape index (κ2) is 13.7. The summed E-state index contributed by atoms with van der Waals surface area (Å²) in [5.74, 6) is 0. The fraction of sp³-hybridized carbons (Fsp3) is 0.103. The Balaban J connectivity index is 1.13. The van der Waals surface area contributed by atoms with Crippen molar-refractivity contribution < 1.29 is 0 Å². The minimum atomic E-state index is -0.447. The Hall–Kier alpha value is -7.16. The Morgan fingerprint density at radius 1 is 0.367 bits per heavy atom. The van der Waals surface area contributed by atoms with Gasteiger partial charge in [0.1, 0.15) is 0 Å². The molecular weight excluding hydrogens is 725 g/mol. The van der Waals surface area contributed by atoms with Crippen LogP contribution in [0.5, 0.6) is 0 Å². The third kappa shape index (κ3) is 5.48. The highest BCUT2D eigenvalue weighted by Gasteiger charge is 2.52. The van der Waals surface area contributed by atoms with Crippen molar-refractivity contribution in [3.8, 4) is 22.3 Å². The lowest BCUT2D eigenvalue weighted by Gasteiger charge is -2.32. The van der Waals surface area contributed by atoms with Gasteiger partial charge in [0.15, 0.2) is 0 Å². The lowest BCUT2D eigenvalue weighted by molar-refractivity contribution is 0.590. The molecule has 2 nitrogen and oxygen atoms in total. The Morgan fingerprint density at radius 2 is 0.850 bits per heavy atom. The second-order valence-corrected chi connectivity index (χ2v) is 17.4. The molecule has 0 saturated carbocycles. The molecule has 9 aromatic rings. The molecule has 1 spiro atoms.